The molecule has 0 spiro atoms. The van der Waals surface area contributed by atoms with Gasteiger partial charge in [0.25, 0.3) is 5.56 Å². The van der Waals surface area contributed by atoms with Gasteiger partial charge in [-0.1, -0.05) is 29.8 Å². The first kappa shape index (κ1) is 15.2. The fourth-order valence-electron chi connectivity index (χ4n) is 3.66. The lowest BCUT2D eigenvalue weighted by Crippen LogP contribution is -2.36. The van der Waals surface area contributed by atoms with E-state index in [0.29, 0.717) is 12.5 Å². The molecule has 128 valence electrons. The molecule has 0 amide bonds. The summed E-state index contributed by atoms with van der Waals surface area (Å²) < 4.78 is 1.62. The molecule has 6 heteroatoms. The molecule has 5 nitrogen and oxygen atoms in total. The van der Waals surface area contributed by atoms with Gasteiger partial charge in [0.1, 0.15) is 0 Å². The number of aromatic nitrogens is 3. The van der Waals surface area contributed by atoms with Crippen LogP contribution in [0.15, 0.2) is 35.1 Å². The van der Waals surface area contributed by atoms with E-state index in [2.05, 4.69) is 10.00 Å². The van der Waals surface area contributed by atoms with E-state index in [9.17, 15) is 4.79 Å². The van der Waals surface area contributed by atoms with Crippen molar-refractivity contribution in [3.05, 3.63) is 68.2 Å². The van der Waals surface area contributed by atoms with Gasteiger partial charge in [0, 0.05) is 48.8 Å². The molecule has 2 aromatic heterocycles. The van der Waals surface area contributed by atoms with E-state index in [1.165, 1.54) is 12.8 Å². The molecule has 1 N–H and O–H groups in total. The van der Waals surface area contributed by atoms with Crippen molar-refractivity contribution in [1.82, 2.24) is 19.5 Å². The van der Waals surface area contributed by atoms with Gasteiger partial charge in [0.05, 0.1) is 11.3 Å². The topological polar surface area (TPSA) is 53.4 Å². The summed E-state index contributed by atoms with van der Waals surface area (Å²) >= 11 is 6.28. The third-order valence-corrected chi connectivity index (χ3v) is 5.60. The number of fused-ring (bicyclic) bond motifs is 2. The second-order valence-electron chi connectivity index (χ2n) is 7.07. The van der Waals surface area contributed by atoms with Crippen LogP contribution in [0, 0.1) is 0 Å². The van der Waals surface area contributed by atoms with E-state index >= 15 is 0 Å². The Morgan fingerprint density at radius 3 is 2.92 bits per heavy atom. The van der Waals surface area contributed by atoms with Crippen LogP contribution in [0.25, 0.3) is 5.65 Å². The molecular formula is C19H19ClN4O. The summed E-state index contributed by atoms with van der Waals surface area (Å²) in [5.41, 5.74) is 4.78. The van der Waals surface area contributed by atoms with Gasteiger partial charge in [-0.3, -0.25) is 14.8 Å². The molecule has 0 atom stereocenters. The number of aromatic amines is 1. The lowest BCUT2D eigenvalue weighted by Gasteiger charge is -2.27. The standard InChI is InChI=1S/C19H19ClN4O/c20-15-4-2-1-3-13(15)10-23-8-7-16-14(11-23)19(25)24-18(21-16)9-17(22-24)12-5-6-12/h1-4,9,12,22H,5-8,10-11H2. The Kier molecular flexibility index (Phi) is 3.47. The molecule has 1 aromatic carbocycles. The molecule has 3 aromatic rings. The summed E-state index contributed by atoms with van der Waals surface area (Å²) in [5, 5.41) is 4.03. The van der Waals surface area contributed by atoms with E-state index in [0.717, 1.165) is 52.7 Å². The van der Waals surface area contributed by atoms with E-state index < -0.39 is 0 Å². The van der Waals surface area contributed by atoms with Crippen LogP contribution in [0.3, 0.4) is 0 Å². The highest BCUT2D eigenvalue weighted by Crippen LogP contribution is 2.39. The Bertz CT molecular complexity index is 1020. The minimum Gasteiger partial charge on any atom is -0.294 e. The Morgan fingerprint density at radius 1 is 1.28 bits per heavy atom. The van der Waals surface area contributed by atoms with Gasteiger partial charge >= 0.3 is 0 Å². The minimum atomic E-state index is 0.0377. The van der Waals surface area contributed by atoms with Crippen molar-refractivity contribution in [2.24, 2.45) is 0 Å². The molecule has 2 aliphatic rings. The number of hydrogen-bond acceptors (Lipinski definition) is 3. The zero-order valence-electron chi connectivity index (χ0n) is 13.8. The number of halogens is 1. The van der Waals surface area contributed by atoms with Crippen LogP contribution in [0.5, 0.6) is 0 Å². The zero-order valence-corrected chi connectivity index (χ0v) is 14.6. The number of nitrogens with zero attached hydrogens (tertiary/aromatic N) is 3. The fraction of sp³-hybridized carbons (Fsp3) is 0.368. The maximum atomic E-state index is 12.9. The quantitative estimate of drug-likeness (QED) is 0.786. The molecule has 0 radical (unpaired) electrons. The number of nitrogens with one attached hydrogen (secondary N) is 1. The SMILES string of the molecule is O=c1c2c(nc3cc(C4CC4)[nH]n13)CCN(Cc1ccccc1Cl)C2. The summed E-state index contributed by atoms with van der Waals surface area (Å²) in [6.45, 7) is 2.26. The molecule has 5 rings (SSSR count). The van der Waals surface area contributed by atoms with Gasteiger partial charge in [0.2, 0.25) is 0 Å². The Labute approximate surface area is 150 Å². The summed E-state index contributed by atoms with van der Waals surface area (Å²) in [6, 6.07) is 9.92. The third-order valence-electron chi connectivity index (χ3n) is 5.23. The molecule has 1 aliphatic carbocycles. The maximum absolute atomic E-state index is 12.9. The van der Waals surface area contributed by atoms with Gasteiger partial charge in [-0.15, -0.1) is 0 Å². The maximum Gasteiger partial charge on any atom is 0.277 e. The molecule has 0 unspecified atom stereocenters. The highest BCUT2D eigenvalue weighted by molar-refractivity contribution is 6.31. The first-order valence-corrected chi connectivity index (χ1v) is 9.16. The van der Waals surface area contributed by atoms with Crippen molar-refractivity contribution in [3.8, 4) is 0 Å². The Morgan fingerprint density at radius 2 is 2.12 bits per heavy atom. The molecule has 25 heavy (non-hydrogen) atoms. The van der Waals surface area contributed by atoms with E-state index in [4.69, 9.17) is 16.6 Å². The van der Waals surface area contributed by atoms with Crippen LogP contribution >= 0.6 is 11.6 Å². The van der Waals surface area contributed by atoms with Crippen LogP contribution < -0.4 is 5.56 Å². The summed E-state index contributed by atoms with van der Waals surface area (Å²) in [6.07, 6.45) is 3.20. The van der Waals surface area contributed by atoms with E-state index in [1.807, 2.05) is 30.3 Å². The third kappa shape index (κ3) is 2.68. The predicted octanol–water partition coefficient (Wildman–Crippen LogP) is 3.11. The summed E-state index contributed by atoms with van der Waals surface area (Å²) in [7, 11) is 0. The van der Waals surface area contributed by atoms with Crippen molar-refractivity contribution in [1.29, 1.82) is 0 Å². The van der Waals surface area contributed by atoms with Crippen LogP contribution in [-0.2, 0) is 19.5 Å². The van der Waals surface area contributed by atoms with Crippen molar-refractivity contribution in [3.63, 3.8) is 0 Å². The van der Waals surface area contributed by atoms with Gasteiger partial charge in [0.15, 0.2) is 5.65 Å². The van der Waals surface area contributed by atoms with Crippen LogP contribution in [-0.4, -0.2) is 26.0 Å². The second kappa shape index (κ2) is 5.71. The second-order valence-corrected chi connectivity index (χ2v) is 7.48. The summed E-state index contributed by atoms with van der Waals surface area (Å²) in [4.78, 5) is 19.9. The zero-order chi connectivity index (χ0) is 17.0. The molecule has 3 heterocycles. The Balaban J connectivity index is 1.48. The summed E-state index contributed by atoms with van der Waals surface area (Å²) in [5.74, 6) is 0.579. The van der Waals surface area contributed by atoms with Crippen molar-refractivity contribution >= 4 is 17.2 Å². The molecule has 1 saturated carbocycles. The van der Waals surface area contributed by atoms with Crippen molar-refractivity contribution < 1.29 is 0 Å². The van der Waals surface area contributed by atoms with Crippen molar-refractivity contribution in [2.45, 2.75) is 38.3 Å². The fourth-order valence-corrected chi connectivity index (χ4v) is 3.86. The number of H-pyrrole nitrogens is 1. The lowest BCUT2D eigenvalue weighted by atomic mass is 10.1. The monoisotopic (exact) mass is 354 g/mol. The van der Waals surface area contributed by atoms with Crippen molar-refractivity contribution in [2.75, 3.05) is 6.54 Å². The minimum absolute atomic E-state index is 0.0377. The van der Waals surface area contributed by atoms with Gasteiger partial charge in [-0.05, 0) is 24.5 Å². The average molecular weight is 355 g/mol. The molecule has 0 bridgehead atoms. The van der Waals surface area contributed by atoms with Gasteiger partial charge < -0.3 is 0 Å². The molecular weight excluding hydrogens is 336 g/mol. The highest BCUT2D eigenvalue weighted by atomic mass is 35.5. The van der Waals surface area contributed by atoms with E-state index in [-0.39, 0.29) is 5.56 Å². The van der Waals surface area contributed by atoms with E-state index in [1.54, 1.807) is 4.52 Å². The van der Waals surface area contributed by atoms with Gasteiger partial charge in [-0.2, -0.15) is 0 Å². The molecule has 1 aliphatic heterocycles. The number of hydrogen-bond donors (Lipinski definition) is 1. The van der Waals surface area contributed by atoms with Crippen LogP contribution in [0.2, 0.25) is 5.02 Å². The molecule has 1 fully saturated rings. The average Bonchev–Trinajstić information content (AvgIpc) is 3.38. The highest BCUT2D eigenvalue weighted by Gasteiger charge is 2.27. The van der Waals surface area contributed by atoms with Gasteiger partial charge in [-0.25, -0.2) is 9.50 Å². The first-order valence-electron chi connectivity index (χ1n) is 8.78. The number of rotatable bonds is 3. The van der Waals surface area contributed by atoms with Crippen LogP contribution in [0.4, 0.5) is 0 Å². The Hall–Kier alpha value is -2.11. The van der Waals surface area contributed by atoms with Crippen LogP contribution in [0.1, 0.15) is 41.3 Å². The molecule has 0 saturated heterocycles. The normalized spacial score (nSPS) is 17.8. The largest absolute Gasteiger partial charge is 0.294 e. The predicted molar refractivity (Wildman–Crippen MR) is 97.1 cm³/mol. The lowest BCUT2D eigenvalue weighted by molar-refractivity contribution is 0.241. The number of benzene rings is 1. The first-order chi connectivity index (χ1) is 12.2. The smallest absolute Gasteiger partial charge is 0.277 e.